The van der Waals surface area contributed by atoms with Gasteiger partial charge < -0.3 is 14.8 Å². The summed E-state index contributed by atoms with van der Waals surface area (Å²) in [5, 5.41) is 2.79. The van der Waals surface area contributed by atoms with E-state index in [0.29, 0.717) is 36.0 Å². The molecule has 0 fully saturated rings. The van der Waals surface area contributed by atoms with Crippen molar-refractivity contribution in [1.82, 2.24) is 0 Å². The highest BCUT2D eigenvalue weighted by Crippen LogP contribution is 2.32. The van der Waals surface area contributed by atoms with Gasteiger partial charge in [-0.25, -0.2) is 0 Å². The SMILES string of the molecule is Cc1ccc(C(=O)CCC(=O)Nc2ccc3c(c2)OCCO3)cc1C. The average Bonchev–Trinajstić information content (AvgIpc) is 2.62. The molecule has 130 valence electrons. The topological polar surface area (TPSA) is 64.6 Å². The summed E-state index contributed by atoms with van der Waals surface area (Å²) in [4.78, 5) is 24.3. The van der Waals surface area contributed by atoms with Gasteiger partial charge in [0, 0.05) is 30.2 Å². The van der Waals surface area contributed by atoms with Crippen molar-refractivity contribution in [2.45, 2.75) is 26.7 Å². The molecule has 25 heavy (non-hydrogen) atoms. The number of benzene rings is 2. The Bertz CT molecular complexity index is 813. The van der Waals surface area contributed by atoms with Gasteiger partial charge in [0.2, 0.25) is 5.91 Å². The summed E-state index contributed by atoms with van der Waals surface area (Å²) in [6, 6.07) is 10.9. The summed E-state index contributed by atoms with van der Waals surface area (Å²) in [5.41, 5.74) is 3.50. The lowest BCUT2D eigenvalue weighted by Gasteiger charge is -2.19. The number of aryl methyl sites for hydroxylation is 2. The van der Waals surface area contributed by atoms with Crippen molar-refractivity contribution in [2.75, 3.05) is 18.5 Å². The van der Waals surface area contributed by atoms with Gasteiger partial charge in [-0.05, 0) is 43.2 Å². The number of carbonyl (C=O) groups excluding carboxylic acids is 2. The quantitative estimate of drug-likeness (QED) is 0.844. The Hall–Kier alpha value is -2.82. The number of amides is 1. The molecule has 0 saturated carbocycles. The second kappa shape index (κ2) is 7.38. The first-order valence-electron chi connectivity index (χ1n) is 8.33. The number of nitrogens with one attached hydrogen (secondary N) is 1. The minimum absolute atomic E-state index is 0.0274. The highest BCUT2D eigenvalue weighted by Gasteiger charge is 2.14. The molecule has 1 amide bonds. The maximum absolute atomic E-state index is 12.2. The number of ketones is 1. The normalized spacial score (nSPS) is 12.6. The third kappa shape index (κ3) is 4.18. The summed E-state index contributed by atoms with van der Waals surface area (Å²) in [7, 11) is 0. The van der Waals surface area contributed by atoms with Crippen LogP contribution in [0.2, 0.25) is 0 Å². The van der Waals surface area contributed by atoms with Crippen molar-refractivity contribution >= 4 is 17.4 Å². The summed E-state index contributed by atoms with van der Waals surface area (Å²) in [6.07, 6.45) is 0.319. The molecule has 5 nitrogen and oxygen atoms in total. The summed E-state index contributed by atoms with van der Waals surface area (Å²) < 4.78 is 10.9. The highest BCUT2D eigenvalue weighted by molar-refractivity contribution is 6.00. The molecule has 0 aromatic heterocycles. The average molecular weight is 339 g/mol. The summed E-state index contributed by atoms with van der Waals surface area (Å²) >= 11 is 0. The molecule has 1 N–H and O–H groups in total. The molecule has 0 saturated heterocycles. The van der Waals surface area contributed by atoms with Crippen LogP contribution in [-0.4, -0.2) is 24.9 Å². The fourth-order valence-electron chi connectivity index (χ4n) is 2.63. The minimum Gasteiger partial charge on any atom is -0.486 e. The predicted octanol–water partition coefficient (Wildman–Crippen LogP) is 3.68. The number of carbonyl (C=O) groups is 2. The standard InChI is InChI=1S/C20H21NO4/c1-13-3-4-15(11-14(13)2)17(22)6-8-20(23)21-16-5-7-18-19(12-16)25-10-9-24-18/h3-5,7,11-12H,6,8-10H2,1-2H3,(H,21,23). The van der Waals surface area contributed by atoms with Crippen molar-refractivity contribution in [1.29, 1.82) is 0 Å². The monoisotopic (exact) mass is 339 g/mol. The molecule has 0 unspecified atom stereocenters. The number of fused-ring (bicyclic) bond motifs is 1. The van der Waals surface area contributed by atoms with E-state index in [4.69, 9.17) is 9.47 Å². The van der Waals surface area contributed by atoms with E-state index in [0.717, 1.165) is 11.1 Å². The number of anilines is 1. The summed E-state index contributed by atoms with van der Waals surface area (Å²) in [6.45, 7) is 5.00. The Kier molecular flexibility index (Phi) is 5.03. The zero-order chi connectivity index (χ0) is 17.8. The molecule has 2 aromatic carbocycles. The van der Waals surface area contributed by atoms with Crippen LogP contribution in [-0.2, 0) is 4.79 Å². The molecule has 2 aromatic rings. The molecule has 0 spiro atoms. The Morgan fingerprint density at radius 3 is 2.44 bits per heavy atom. The molecule has 0 atom stereocenters. The summed E-state index contributed by atoms with van der Waals surface area (Å²) in [5.74, 6) is 1.07. The largest absolute Gasteiger partial charge is 0.486 e. The zero-order valence-corrected chi connectivity index (χ0v) is 14.4. The van der Waals surface area contributed by atoms with Crippen LogP contribution >= 0.6 is 0 Å². The van der Waals surface area contributed by atoms with Crippen LogP contribution in [0, 0.1) is 13.8 Å². The minimum atomic E-state index is -0.200. The maximum Gasteiger partial charge on any atom is 0.224 e. The van der Waals surface area contributed by atoms with Crippen molar-refractivity contribution in [3.63, 3.8) is 0 Å². The Labute approximate surface area is 147 Å². The van der Waals surface area contributed by atoms with E-state index in [1.165, 1.54) is 0 Å². The van der Waals surface area contributed by atoms with E-state index < -0.39 is 0 Å². The van der Waals surface area contributed by atoms with Crippen LogP contribution in [0.5, 0.6) is 11.5 Å². The van der Waals surface area contributed by atoms with Gasteiger partial charge in [-0.2, -0.15) is 0 Å². The molecule has 5 heteroatoms. The lowest BCUT2D eigenvalue weighted by molar-refractivity contribution is -0.116. The van der Waals surface area contributed by atoms with Crippen molar-refractivity contribution in [2.24, 2.45) is 0 Å². The Balaban J connectivity index is 1.55. The van der Waals surface area contributed by atoms with Gasteiger partial charge in [0.05, 0.1) is 0 Å². The second-order valence-electron chi connectivity index (χ2n) is 6.13. The number of rotatable bonds is 5. The van der Waals surface area contributed by atoms with Gasteiger partial charge in [0.1, 0.15) is 13.2 Å². The first-order chi connectivity index (χ1) is 12.0. The molecule has 0 bridgehead atoms. The highest BCUT2D eigenvalue weighted by atomic mass is 16.6. The van der Waals surface area contributed by atoms with Gasteiger partial charge >= 0.3 is 0 Å². The van der Waals surface area contributed by atoms with Gasteiger partial charge in [0.25, 0.3) is 0 Å². The Morgan fingerprint density at radius 2 is 1.68 bits per heavy atom. The molecule has 1 heterocycles. The van der Waals surface area contributed by atoms with Gasteiger partial charge in [-0.3, -0.25) is 9.59 Å². The van der Waals surface area contributed by atoms with Gasteiger partial charge in [-0.15, -0.1) is 0 Å². The lowest BCUT2D eigenvalue weighted by atomic mass is 10.0. The van der Waals surface area contributed by atoms with Gasteiger partial charge in [-0.1, -0.05) is 12.1 Å². The predicted molar refractivity (Wildman–Crippen MR) is 95.5 cm³/mol. The van der Waals surface area contributed by atoms with E-state index in [2.05, 4.69) is 5.32 Å². The lowest BCUT2D eigenvalue weighted by Crippen LogP contribution is -2.16. The van der Waals surface area contributed by atoms with E-state index >= 15 is 0 Å². The van der Waals surface area contributed by atoms with Crippen LogP contribution in [0.4, 0.5) is 5.69 Å². The maximum atomic E-state index is 12.2. The van der Waals surface area contributed by atoms with Crippen molar-refractivity contribution < 1.29 is 19.1 Å². The number of ether oxygens (including phenoxy) is 2. The fourth-order valence-corrected chi connectivity index (χ4v) is 2.63. The smallest absolute Gasteiger partial charge is 0.224 e. The molecule has 1 aliphatic heterocycles. The van der Waals surface area contributed by atoms with Crippen LogP contribution in [0.3, 0.4) is 0 Å². The van der Waals surface area contributed by atoms with Crippen molar-refractivity contribution in [3.05, 3.63) is 53.1 Å². The first kappa shape index (κ1) is 17.0. The number of Topliss-reactive ketones (excluding diaryl/α,β-unsaturated/α-hetero) is 1. The van der Waals surface area contributed by atoms with E-state index in [9.17, 15) is 9.59 Å². The fraction of sp³-hybridized carbons (Fsp3) is 0.300. The van der Waals surface area contributed by atoms with Crippen LogP contribution in [0.25, 0.3) is 0 Å². The molecule has 0 radical (unpaired) electrons. The van der Waals surface area contributed by atoms with Crippen molar-refractivity contribution in [3.8, 4) is 11.5 Å². The third-order valence-corrected chi connectivity index (χ3v) is 4.23. The Morgan fingerprint density at radius 1 is 0.920 bits per heavy atom. The van der Waals surface area contributed by atoms with E-state index in [-0.39, 0.29) is 24.5 Å². The van der Waals surface area contributed by atoms with E-state index in [1.54, 1.807) is 18.2 Å². The molecule has 1 aliphatic rings. The zero-order valence-electron chi connectivity index (χ0n) is 14.4. The molecular weight excluding hydrogens is 318 g/mol. The molecule has 0 aliphatic carbocycles. The van der Waals surface area contributed by atoms with Gasteiger partial charge in [0.15, 0.2) is 17.3 Å². The number of hydrogen-bond acceptors (Lipinski definition) is 4. The van der Waals surface area contributed by atoms with E-state index in [1.807, 2.05) is 32.0 Å². The van der Waals surface area contributed by atoms with Crippen LogP contribution in [0.15, 0.2) is 36.4 Å². The third-order valence-electron chi connectivity index (χ3n) is 4.23. The number of hydrogen-bond donors (Lipinski definition) is 1. The van der Waals surface area contributed by atoms with Crippen LogP contribution in [0.1, 0.15) is 34.3 Å². The molecular formula is C20H21NO4. The second-order valence-corrected chi connectivity index (χ2v) is 6.13. The first-order valence-corrected chi connectivity index (χ1v) is 8.33. The molecule has 3 rings (SSSR count). The van der Waals surface area contributed by atoms with Crippen LogP contribution < -0.4 is 14.8 Å².